The van der Waals surface area contributed by atoms with Gasteiger partial charge in [0.2, 0.25) is 5.91 Å². The molecule has 1 saturated carbocycles. The summed E-state index contributed by atoms with van der Waals surface area (Å²) in [5.74, 6) is -0.0656. The third-order valence-corrected chi connectivity index (χ3v) is 6.03. The van der Waals surface area contributed by atoms with E-state index in [1.807, 2.05) is 17.0 Å². The van der Waals surface area contributed by atoms with Gasteiger partial charge in [-0.25, -0.2) is 4.79 Å². The van der Waals surface area contributed by atoms with Gasteiger partial charge >= 0.3 is 5.97 Å². The van der Waals surface area contributed by atoms with Crippen molar-refractivity contribution in [3.05, 3.63) is 35.4 Å². The van der Waals surface area contributed by atoms with Crippen LogP contribution in [-0.2, 0) is 16.0 Å². The minimum absolute atomic E-state index is 0.130. The number of amides is 1. The summed E-state index contributed by atoms with van der Waals surface area (Å²) < 4.78 is 5.79. The second kappa shape index (κ2) is 9.36. The predicted molar refractivity (Wildman–Crippen MR) is 104 cm³/mol. The molecule has 1 aromatic carbocycles. The smallest absolute Gasteiger partial charge is 0.335 e. The Morgan fingerprint density at radius 1 is 1.15 bits per heavy atom. The van der Waals surface area contributed by atoms with Gasteiger partial charge in [0.05, 0.1) is 11.7 Å². The summed E-state index contributed by atoms with van der Waals surface area (Å²) in [7, 11) is 0. The first kappa shape index (κ1) is 19.9. The Balaban J connectivity index is 1.66. The number of ether oxygens (including phenoxy) is 1. The fraction of sp³-hybridized carbons (Fsp3) is 0.636. The van der Waals surface area contributed by atoms with E-state index in [9.17, 15) is 14.7 Å². The third-order valence-electron chi connectivity index (χ3n) is 6.03. The molecule has 1 unspecified atom stereocenters. The maximum Gasteiger partial charge on any atom is 0.335 e. The van der Waals surface area contributed by atoms with Gasteiger partial charge in [0.15, 0.2) is 0 Å². The molecule has 0 spiro atoms. The Kier molecular flexibility index (Phi) is 6.89. The molecular weight excluding hydrogens is 342 g/mol. The van der Waals surface area contributed by atoms with Gasteiger partial charge in [-0.15, -0.1) is 0 Å². The van der Waals surface area contributed by atoms with Crippen molar-refractivity contribution < 1.29 is 19.4 Å². The van der Waals surface area contributed by atoms with Crippen molar-refractivity contribution in [3.8, 4) is 0 Å². The molecule has 0 bridgehead atoms. The highest BCUT2D eigenvalue weighted by Crippen LogP contribution is 2.29. The Morgan fingerprint density at radius 3 is 2.56 bits per heavy atom. The molecule has 5 heteroatoms. The third kappa shape index (κ3) is 5.32. The predicted octanol–water partition coefficient (Wildman–Crippen LogP) is 3.90. The zero-order valence-corrected chi connectivity index (χ0v) is 16.2. The molecule has 1 aromatic rings. The van der Waals surface area contributed by atoms with E-state index in [1.54, 1.807) is 12.1 Å². The zero-order chi connectivity index (χ0) is 19.2. The van der Waals surface area contributed by atoms with Crippen molar-refractivity contribution >= 4 is 11.9 Å². The van der Waals surface area contributed by atoms with E-state index < -0.39 is 5.97 Å². The lowest BCUT2D eigenvalue weighted by Crippen LogP contribution is -2.46. The fourth-order valence-corrected chi connectivity index (χ4v) is 4.35. The minimum Gasteiger partial charge on any atom is -0.478 e. The molecular formula is C22H31NO4. The molecule has 1 N–H and O–H groups in total. The lowest BCUT2D eigenvalue weighted by Gasteiger charge is -2.37. The Morgan fingerprint density at radius 2 is 1.89 bits per heavy atom. The summed E-state index contributed by atoms with van der Waals surface area (Å²) >= 11 is 0. The quantitative estimate of drug-likeness (QED) is 0.787. The summed E-state index contributed by atoms with van der Waals surface area (Å²) in [6, 6.07) is 7.27. The summed E-state index contributed by atoms with van der Waals surface area (Å²) in [6.07, 6.45) is 7.52. The number of aromatic carboxylic acids is 1. The number of nitrogens with zero attached hydrogens (tertiary/aromatic N) is 1. The molecule has 2 aliphatic rings. The molecule has 0 aromatic heterocycles. The van der Waals surface area contributed by atoms with E-state index in [-0.39, 0.29) is 12.0 Å². The molecule has 1 heterocycles. The van der Waals surface area contributed by atoms with Crippen LogP contribution in [0.2, 0.25) is 0 Å². The number of hydrogen-bond acceptors (Lipinski definition) is 3. The first-order valence-electron chi connectivity index (χ1n) is 10.3. The highest BCUT2D eigenvalue weighted by Gasteiger charge is 2.30. The largest absolute Gasteiger partial charge is 0.478 e. The molecule has 1 atom stereocenters. The molecule has 1 aliphatic carbocycles. The number of hydrogen-bond donors (Lipinski definition) is 1. The number of benzene rings is 1. The second-order valence-electron chi connectivity index (χ2n) is 8.06. The number of carboxylic acids is 1. The van der Waals surface area contributed by atoms with Crippen LogP contribution in [0.25, 0.3) is 0 Å². The lowest BCUT2D eigenvalue weighted by molar-refractivity contribution is -0.136. The van der Waals surface area contributed by atoms with E-state index in [1.165, 1.54) is 12.8 Å². The van der Waals surface area contributed by atoms with Crippen molar-refractivity contribution in [2.24, 2.45) is 5.92 Å². The van der Waals surface area contributed by atoms with Gasteiger partial charge in [0.1, 0.15) is 0 Å². The number of rotatable bonds is 7. The topological polar surface area (TPSA) is 66.8 Å². The molecule has 5 nitrogen and oxygen atoms in total. The molecule has 0 radical (unpaired) electrons. The highest BCUT2D eigenvalue weighted by atomic mass is 16.5. The highest BCUT2D eigenvalue weighted by molar-refractivity contribution is 5.89. The van der Waals surface area contributed by atoms with Crippen LogP contribution < -0.4 is 0 Å². The van der Waals surface area contributed by atoms with E-state index in [0.29, 0.717) is 31.0 Å². The number of carbonyl (C=O) groups is 2. The average molecular weight is 373 g/mol. The molecule has 1 amide bonds. The van der Waals surface area contributed by atoms with Crippen molar-refractivity contribution in [1.29, 1.82) is 0 Å². The van der Waals surface area contributed by atoms with Crippen LogP contribution >= 0.6 is 0 Å². The molecule has 3 rings (SSSR count). The van der Waals surface area contributed by atoms with E-state index >= 15 is 0 Å². The lowest BCUT2D eigenvalue weighted by atomic mass is 9.86. The summed E-state index contributed by atoms with van der Waals surface area (Å²) in [5.41, 5.74) is 1.02. The molecule has 2 fully saturated rings. The first-order valence-corrected chi connectivity index (χ1v) is 10.3. The van der Waals surface area contributed by atoms with Gasteiger partial charge in [-0.05, 0) is 62.5 Å². The van der Waals surface area contributed by atoms with Crippen LogP contribution in [0.15, 0.2) is 24.3 Å². The SMILES string of the molecule is CC1CCC(N(CC2CCCO2)C(=O)CCc2ccccc2C(=O)O)CC1. The van der Waals surface area contributed by atoms with Crippen molar-refractivity contribution in [2.75, 3.05) is 13.2 Å². The van der Waals surface area contributed by atoms with Crippen molar-refractivity contribution in [2.45, 2.75) is 70.4 Å². The van der Waals surface area contributed by atoms with Gasteiger partial charge in [-0.2, -0.15) is 0 Å². The van der Waals surface area contributed by atoms with Crippen LogP contribution in [-0.4, -0.2) is 47.2 Å². The number of carboxylic acid groups (broad SMARTS) is 1. The average Bonchev–Trinajstić information content (AvgIpc) is 3.18. The van der Waals surface area contributed by atoms with Crippen molar-refractivity contribution in [1.82, 2.24) is 4.90 Å². The normalized spacial score (nSPS) is 25.3. The van der Waals surface area contributed by atoms with Crippen LogP contribution in [0, 0.1) is 5.92 Å². The van der Waals surface area contributed by atoms with Gasteiger partial charge in [-0.1, -0.05) is 25.1 Å². The van der Waals surface area contributed by atoms with E-state index in [2.05, 4.69) is 6.92 Å². The minimum atomic E-state index is -0.935. The van der Waals surface area contributed by atoms with Crippen LogP contribution in [0.5, 0.6) is 0 Å². The fourth-order valence-electron chi connectivity index (χ4n) is 4.35. The monoisotopic (exact) mass is 373 g/mol. The molecule has 27 heavy (non-hydrogen) atoms. The van der Waals surface area contributed by atoms with Gasteiger partial charge in [-0.3, -0.25) is 4.79 Å². The molecule has 1 saturated heterocycles. The Hall–Kier alpha value is -1.88. The van der Waals surface area contributed by atoms with Crippen molar-refractivity contribution in [3.63, 3.8) is 0 Å². The standard InChI is InChI=1S/C22H31NO4/c1-16-8-11-18(12-9-16)23(15-19-6-4-14-27-19)21(24)13-10-17-5-2-3-7-20(17)22(25)26/h2-3,5,7,16,18-19H,4,6,8-15H2,1H3,(H,25,26). The molecule has 148 valence electrons. The van der Waals surface area contributed by atoms with E-state index in [0.717, 1.165) is 43.8 Å². The van der Waals surface area contributed by atoms with Crippen LogP contribution in [0.3, 0.4) is 0 Å². The zero-order valence-electron chi connectivity index (χ0n) is 16.2. The summed E-state index contributed by atoms with van der Waals surface area (Å²) in [5, 5.41) is 9.35. The van der Waals surface area contributed by atoms with Gasteiger partial charge in [0.25, 0.3) is 0 Å². The maximum atomic E-state index is 13.1. The Bertz CT molecular complexity index is 645. The number of aryl methyl sites for hydroxylation is 1. The first-order chi connectivity index (χ1) is 13.0. The second-order valence-corrected chi connectivity index (χ2v) is 8.06. The van der Waals surface area contributed by atoms with Crippen LogP contribution in [0.4, 0.5) is 0 Å². The van der Waals surface area contributed by atoms with E-state index in [4.69, 9.17) is 4.74 Å². The molecule has 1 aliphatic heterocycles. The number of carbonyl (C=O) groups excluding carboxylic acids is 1. The summed E-state index contributed by atoms with van der Waals surface area (Å²) in [4.78, 5) is 26.5. The Labute approximate surface area is 161 Å². The maximum absolute atomic E-state index is 13.1. The van der Waals surface area contributed by atoms with Gasteiger partial charge < -0.3 is 14.7 Å². The van der Waals surface area contributed by atoms with Crippen LogP contribution in [0.1, 0.15) is 67.8 Å². The summed E-state index contributed by atoms with van der Waals surface area (Å²) in [6.45, 7) is 3.75. The van der Waals surface area contributed by atoms with Gasteiger partial charge in [0, 0.05) is 25.6 Å².